The van der Waals surface area contributed by atoms with Crippen molar-refractivity contribution in [3.8, 4) is 0 Å². The van der Waals surface area contributed by atoms with Crippen molar-refractivity contribution in [3.05, 3.63) is 5.69 Å². The average molecular weight is 302 g/mol. The molecule has 8 heteroatoms. The monoisotopic (exact) mass is 301 g/mol. The van der Waals surface area contributed by atoms with Crippen molar-refractivity contribution in [2.75, 3.05) is 49.1 Å². The fraction of sp³-hybridized carbons (Fsp3) is 0.667. The van der Waals surface area contributed by atoms with Gasteiger partial charge in [0, 0.05) is 33.2 Å². The van der Waals surface area contributed by atoms with E-state index in [2.05, 4.69) is 15.3 Å². The third-order valence-electron chi connectivity index (χ3n) is 3.73. The quantitative estimate of drug-likeness (QED) is 0.863. The van der Waals surface area contributed by atoms with E-state index in [9.17, 15) is 4.79 Å². The van der Waals surface area contributed by atoms with Crippen LogP contribution in [0, 0.1) is 6.92 Å². The predicted octanol–water partition coefficient (Wildman–Crippen LogP) is 0.517. The molecule has 1 amide bonds. The number of carbonyl (C=O) groups is 1. The Bertz CT molecular complexity index is 498. The lowest BCUT2D eigenvalue weighted by atomic mass is 10.3. The fourth-order valence-electron chi connectivity index (χ4n) is 2.58. The Morgan fingerprint density at radius 1 is 1.25 bits per heavy atom. The molecule has 20 heavy (non-hydrogen) atoms. The zero-order valence-corrected chi connectivity index (χ0v) is 12.6. The molecular weight excluding hydrogens is 282 g/mol. The highest BCUT2D eigenvalue weighted by atomic mass is 35.5. The molecule has 0 spiro atoms. The molecule has 0 aliphatic carbocycles. The van der Waals surface area contributed by atoms with Crippen LogP contribution in [0.25, 0.3) is 0 Å². The first-order chi connectivity index (χ1) is 9.18. The zero-order valence-electron chi connectivity index (χ0n) is 11.8. The summed E-state index contributed by atoms with van der Waals surface area (Å²) in [5.74, 6) is 0.889. The van der Waals surface area contributed by atoms with Gasteiger partial charge in [-0.15, -0.1) is 12.4 Å². The van der Waals surface area contributed by atoms with Crippen LogP contribution in [0.3, 0.4) is 0 Å². The number of carbonyl (C=O) groups excluding carboxylic acids is 1. The Labute approximate surface area is 124 Å². The van der Waals surface area contributed by atoms with Crippen molar-refractivity contribution in [2.45, 2.75) is 6.92 Å². The van der Waals surface area contributed by atoms with Crippen molar-refractivity contribution in [1.82, 2.24) is 15.1 Å². The lowest BCUT2D eigenvalue weighted by Gasteiger charge is -2.29. The van der Waals surface area contributed by atoms with Crippen molar-refractivity contribution in [2.24, 2.45) is 7.05 Å². The second-order valence-corrected chi connectivity index (χ2v) is 4.88. The standard InChI is InChI=1S/C12H19N5O2.ClH/c1-9-10(17-7-8-19-12(17)18)11(14-15(9)2)16-5-3-13-4-6-16;/h13H,3-8H2,1-2H3;1H. The number of nitrogens with one attached hydrogen (secondary N) is 1. The van der Waals surface area contributed by atoms with E-state index in [4.69, 9.17) is 4.74 Å². The second kappa shape index (κ2) is 5.88. The molecule has 112 valence electrons. The maximum atomic E-state index is 11.8. The summed E-state index contributed by atoms with van der Waals surface area (Å²) in [5.41, 5.74) is 1.89. The molecule has 7 nitrogen and oxygen atoms in total. The smallest absolute Gasteiger partial charge is 0.414 e. The van der Waals surface area contributed by atoms with Gasteiger partial charge in [0.15, 0.2) is 5.82 Å². The largest absolute Gasteiger partial charge is 0.447 e. The summed E-state index contributed by atoms with van der Waals surface area (Å²) < 4.78 is 6.88. The molecule has 2 aliphatic rings. The Morgan fingerprint density at radius 3 is 2.55 bits per heavy atom. The lowest BCUT2D eigenvalue weighted by molar-refractivity contribution is 0.181. The van der Waals surface area contributed by atoms with Gasteiger partial charge in [0.2, 0.25) is 0 Å². The summed E-state index contributed by atoms with van der Waals surface area (Å²) in [6.07, 6.45) is -0.271. The first kappa shape index (κ1) is 14.9. The molecule has 1 aromatic heterocycles. The van der Waals surface area contributed by atoms with Crippen LogP contribution in [0.4, 0.5) is 16.3 Å². The molecule has 3 heterocycles. The van der Waals surface area contributed by atoms with Crippen LogP contribution in [0.2, 0.25) is 0 Å². The first-order valence-corrected chi connectivity index (χ1v) is 6.62. The number of ether oxygens (including phenoxy) is 1. The number of cyclic esters (lactones) is 1. The number of anilines is 2. The summed E-state index contributed by atoms with van der Waals surface area (Å²) in [6, 6.07) is 0. The lowest BCUT2D eigenvalue weighted by Crippen LogP contribution is -2.44. The van der Waals surface area contributed by atoms with Gasteiger partial charge in [-0.1, -0.05) is 0 Å². The van der Waals surface area contributed by atoms with Crippen LogP contribution in [-0.2, 0) is 11.8 Å². The van der Waals surface area contributed by atoms with Crippen LogP contribution in [0.5, 0.6) is 0 Å². The van der Waals surface area contributed by atoms with Crippen LogP contribution in [0.1, 0.15) is 5.69 Å². The van der Waals surface area contributed by atoms with Crippen LogP contribution < -0.4 is 15.1 Å². The van der Waals surface area contributed by atoms with E-state index in [1.54, 1.807) is 4.90 Å². The highest BCUT2D eigenvalue weighted by Crippen LogP contribution is 2.33. The van der Waals surface area contributed by atoms with E-state index in [0.717, 1.165) is 43.4 Å². The number of aromatic nitrogens is 2. The normalized spacial score (nSPS) is 19.0. The maximum absolute atomic E-state index is 11.8. The minimum absolute atomic E-state index is 0. The van der Waals surface area contributed by atoms with Crippen molar-refractivity contribution < 1.29 is 9.53 Å². The van der Waals surface area contributed by atoms with E-state index in [1.165, 1.54) is 0 Å². The predicted molar refractivity (Wildman–Crippen MR) is 79.0 cm³/mol. The summed E-state index contributed by atoms with van der Waals surface area (Å²) in [6.45, 7) is 6.75. The summed E-state index contributed by atoms with van der Waals surface area (Å²) in [4.78, 5) is 15.7. The number of nitrogens with zero attached hydrogens (tertiary/aromatic N) is 4. The SMILES string of the molecule is Cc1c(N2CCOC2=O)c(N2CCNCC2)nn1C.Cl. The molecule has 0 bridgehead atoms. The molecule has 3 rings (SSSR count). The van der Waals surface area contributed by atoms with Gasteiger partial charge in [0.1, 0.15) is 12.3 Å². The Hall–Kier alpha value is -1.47. The summed E-state index contributed by atoms with van der Waals surface area (Å²) >= 11 is 0. The molecule has 1 aromatic rings. The minimum atomic E-state index is -0.271. The second-order valence-electron chi connectivity index (χ2n) is 4.88. The Morgan fingerprint density at radius 2 is 1.95 bits per heavy atom. The maximum Gasteiger partial charge on any atom is 0.414 e. The molecule has 0 saturated carbocycles. The Kier molecular flexibility index (Phi) is 4.39. The molecule has 2 fully saturated rings. The van der Waals surface area contributed by atoms with Gasteiger partial charge in [-0.05, 0) is 6.92 Å². The molecular formula is C12H20ClN5O2. The summed E-state index contributed by atoms with van der Waals surface area (Å²) in [5, 5.41) is 7.90. The van der Waals surface area contributed by atoms with Crippen LogP contribution in [0.15, 0.2) is 0 Å². The number of hydrogen-bond donors (Lipinski definition) is 1. The van der Waals surface area contributed by atoms with Crippen molar-refractivity contribution in [3.63, 3.8) is 0 Å². The number of aryl methyl sites for hydroxylation is 1. The van der Waals surface area contributed by atoms with Gasteiger partial charge >= 0.3 is 6.09 Å². The van der Waals surface area contributed by atoms with E-state index in [-0.39, 0.29) is 18.5 Å². The van der Waals surface area contributed by atoms with Crippen molar-refractivity contribution in [1.29, 1.82) is 0 Å². The van der Waals surface area contributed by atoms with Crippen LogP contribution in [-0.4, -0.2) is 55.2 Å². The molecule has 0 radical (unpaired) electrons. The van der Waals surface area contributed by atoms with Gasteiger partial charge < -0.3 is 15.0 Å². The third-order valence-corrected chi connectivity index (χ3v) is 3.73. The van der Waals surface area contributed by atoms with E-state index >= 15 is 0 Å². The van der Waals surface area contributed by atoms with E-state index < -0.39 is 0 Å². The average Bonchev–Trinajstić information content (AvgIpc) is 2.96. The zero-order chi connectivity index (χ0) is 13.4. The molecule has 0 unspecified atom stereocenters. The highest BCUT2D eigenvalue weighted by Gasteiger charge is 2.32. The number of halogens is 1. The van der Waals surface area contributed by atoms with Crippen LogP contribution >= 0.6 is 12.4 Å². The molecule has 1 N–H and O–H groups in total. The van der Waals surface area contributed by atoms with E-state index in [1.807, 2.05) is 18.7 Å². The van der Waals surface area contributed by atoms with E-state index in [0.29, 0.717) is 13.2 Å². The Balaban J connectivity index is 0.00000147. The number of amides is 1. The molecule has 2 saturated heterocycles. The third kappa shape index (κ3) is 2.43. The van der Waals surface area contributed by atoms with Gasteiger partial charge in [-0.25, -0.2) is 4.79 Å². The number of piperazine rings is 1. The van der Waals surface area contributed by atoms with Crippen molar-refractivity contribution >= 4 is 30.0 Å². The first-order valence-electron chi connectivity index (χ1n) is 6.62. The topological polar surface area (TPSA) is 62.6 Å². The highest BCUT2D eigenvalue weighted by molar-refractivity contribution is 5.94. The molecule has 0 atom stereocenters. The summed E-state index contributed by atoms with van der Waals surface area (Å²) in [7, 11) is 1.91. The van der Waals surface area contributed by atoms with Gasteiger partial charge in [0.05, 0.1) is 12.2 Å². The molecule has 2 aliphatic heterocycles. The van der Waals surface area contributed by atoms with Gasteiger partial charge in [-0.2, -0.15) is 5.10 Å². The van der Waals surface area contributed by atoms with Gasteiger partial charge in [0.25, 0.3) is 0 Å². The minimum Gasteiger partial charge on any atom is -0.447 e. The molecule has 0 aromatic carbocycles. The van der Waals surface area contributed by atoms with Gasteiger partial charge in [-0.3, -0.25) is 9.58 Å². The number of hydrogen-bond acceptors (Lipinski definition) is 5. The number of rotatable bonds is 2. The fourth-order valence-corrected chi connectivity index (χ4v) is 2.58.